The number of amides is 1. The van der Waals surface area contributed by atoms with E-state index in [1.807, 2.05) is 37.3 Å². The molecule has 0 radical (unpaired) electrons. The van der Waals surface area contributed by atoms with Crippen LogP contribution in [0.25, 0.3) is 11.1 Å². The van der Waals surface area contributed by atoms with E-state index in [1.165, 1.54) is 12.8 Å². The first-order valence-corrected chi connectivity index (χ1v) is 10.0. The molecule has 0 bridgehead atoms. The van der Waals surface area contributed by atoms with Gasteiger partial charge < -0.3 is 14.6 Å². The highest BCUT2D eigenvalue weighted by molar-refractivity contribution is 6.12. The van der Waals surface area contributed by atoms with Crippen molar-refractivity contribution in [3.05, 3.63) is 47.3 Å². The van der Waals surface area contributed by atoms with Gasteiger partial charge in [-0.25, -0.2) is 4.98 Å². The Kier molecular flexibility index (Phi) is 4.26. The molecule has 2 aliphatic carbocycles. The Morgan fingerprint density at radius 2 is 1.89 bits per heavy atom. The zero-order valence-corrected chi connectivity index (χ0v) is 15.9. The lowest BCUT2D eigenvalue weighted by atomic mass is 10.1. The number of nitrogens with one attached hydrogen (secondary N) is 1. The molecule has 1 N–H and O–H groups in total. The molecule has 2 aliphatic rings. The number of hydrogen-bond donors (Lipinski definition) is 1. The van der Waals surface area contributed by atoms with Gasteiger partial charge in [-0.05, 0) is 75.8 Å². The summed E-state index contributed by atoms with van der Waals surface area (Å²) in [6, 6.07) is 9.47. The van der Waals surface area contributed by atoms with Crippen molar-refractivity contribution >= 4 is 22.7 Å². The van der Waals surface area contributed by atoms with Crippen molar-refractivity contribution in [2.24, 2.45) is 0 Å². The highest BCUT2D eigenvalue weighted by atomic mass is 16.5. The van der Waals surface area contributed by atoms with Gasteiger partial charge >= 0.3 is 0 Å². The number of nitrogens with zero attached hydrogens (tertiary/aromatic N) is 2. The number of hydrogen-bond acceptors (Lipinski definition) is 5. The zero-order chi connectivity index (χ0) is 19.1. The number of carbonyl (C=O) groups excluding carboxylic acids is 1. The van der Waals surface area contributed by atoms with E-state index in [1.54, 1.807) is 0 Å². The van der Waals surface area contributed by atoms with E-state index in [4.69, 9.17) is 9.26 Å². The number of pyridine rings is 1. The molecule has 0 atom stereocenters. The minimum Gasteiger partial charge on any atom is -0.490 e. The van der Waals surface area contributed by atoms with Crippen LogP contribution < -0.4 is 10.1 Å². The molecular formula is C22H23N3O3. The summed E-state index contributed by atoms with van der Waals surface area (Å²) in [6.45, 7) is 1.83. The van der Waals surface area contributed by atoms with Crippen LogP contribution in [0.15, 0.2) is 34.9 Å². The van der Waals surface area contributed by atoms with E-state index in [2.05, 4.69) is 15.5 Å². The van der Waals surface area contributed by atoms with Gasteiger partial charge in [0.1, 0.15) is 5.75 Å². The molecule has 1 amide bonds. The van der Waals surface area contributed by atoms with Gasteiger partial charge in [0, 0.05) is 17.3 Å². The Morgan fingerprint density at radius 1 is 1.14 bits per heavy atom. The Morgan fingerprint density at radius 3 is 2.61 bits per heavy atom. The van der Waals surface area contributed by atoms with Gasteiger partial charge in [-0.15, -0.1) is 0 Å². The Hall–Kier alpha value is -2.89. The van der Waals surface area contributed by atoms with E-state index >= 15 is 0 Å². The van der Waals surface area contributed by atoms with Crippen LogP contribution in [0, 0.1) is 6.92 Å². The van der Waals surface area contributed by atoms with Crippen LogP contribution in [0.5, 0.6) is 5.75 Å². The highest BCUT2D eigenvalue weighted by Crippen LogP contribution is 2.40. The molecule has 6 nitrogen and oxygen atoms in total. The van der Waals surface area contributed by atoms with Gasteiger partial charge in [0.15, 0.2) is 0 Å². The summed E-state index contributed by atoms with van der Waals surface area (Å²) >= 11 is 0. The van der Waals surface area contributed by atoms with Gasteiger partial charge in [-0.1, -0.05) is 5.16 Å². The second-order valence-corrected chi connectivity index (χ2v) is 7.82. The predicted octanol–water partition coefficient (Wildman–Crippen LogP) is 4.98. The van der Waals surface area contributed by atoms with Crippen LogP contribution in [0.4, 0.5) is 5.69 Å². The van der Waals surface area contributed by atoms with E-state index in [0.29, 0.717) is 34.4 Å². The van der Waals surface area contributed by atoms with Crippen LogP contribution in [-0.4, -0.2) is 22.2 Å². The summed E-state index contributed by atoms with van der Waals surface area (Å²) < 4.78 is 11.3. The molecule has 0 unspecified atom stereocenters. The second-order valence-electron chi connectivity index (χ2n) is 7.82. The summed E-state index contributed by atoms with van der Waals surface area (Å²) in [5, 5.41) is 7.66. The Labute approximate surface area is 163 Å². The Bertz CT molecular complexity index is 1020. The number of rotatable bonds is 5. The molecule has 2 fully saturated rings. The monoisotopic (exact) mass is 377 g/mol. The average molecular weight is 377 g/mol. The Balaban J connectivity index is 1.37. The molecule has 1 aromatic carbocycles. The van der Waals surface area contributed by atoms with Crippen molar-refractivity contribution in [2.45, 2.75) is 57.5 Å². The fourth-order valence-corrected chi connectivity index (χ4v) is 3.89. The summed E-state index contributed by atoms with van der Waals surface area (Å²) in [5.41, 5.74) is 3.32. The lowest BCUT2D eigenvalue weighted by molar-refractivity contribution is 0.102. The first kappa shape index (κ1) is 17.2. The third kappa shape index (κ3) is 3.35. The molecule has 2 saturated carbocycles. The highest BCUT2D eigenvalue weighted by Gasteiger charge is 2.28. The van der Waals surface area contributed by atoms with Crippen molar-refractivity contribution in [1.82, 2.24) is 10.1 Å². The standard InChI is InChI=1S/C22H23N3O3/c1-13-20-18(12-19(14-6-7-14)24-22(20)28-25-13)21(26)23-15-8-10-17(11-9-15)27-16-4-2-3-5-16/h8-12,14,16H,2-7H2,1H3,(H,23,26). The van der Waals surface area contributed by atoms with Crippen molar-refractivity contribution in [1.29, 1.82) is 0 Å². The van der Waals surface area contributed by atoms with Crippen LogP contribution in [0.2, 0.25) is 0 Å². The minimum atomic E-state index is -0.176. The maximum Gasteiger partial charge on any atom is 0.259 e. The molecule has 0 saturated heterocycles. The van der Waals surface area contributed by atoms with Crippen molar-refractivity contribution in [2.75, 3.05) is 5.32 Å². The average Bonchev–Trinajstić information content (AvgIpc) is 3.31. The number of fused-ring (bicyclic) bond motifs is 1. The third-order valence-electron chi connectivity index (χ3n) is 5.59. The molecule has 0 aliphatic heterocycles. The summed E-state index contributed by atoms with van der Waals surface area (Å²) in [7, 11) is 0. The first-order chi connectivity index (χ1) is 13.7. The van der Waals surface area contributed by atoms with Crippen LogP contribution in [0.1, 0.15) is 66.2 Å². The van der Waals surface area contributed by atoms with Crippen molar-refractivity contribution in [3.63, 3.8) is 0 Å². The summed E-state index contributed by atoms with van der Waals surface area (Å²) in [6.07, 6.45) is 7.26. The number of aryl methyl sites for hydroxylation is 1. The fourth-order valence-electron chi connectivity index (χ4n) is 3.89. The zero-order valence-electron chi connectivity index (χ0n) is 15.9. The van der Waals surface area contributed by atoms with Crippen molar-refractivity contribution < 1.29 is 14.1 Å². The van der Waals surface area contributed by atoms with E-state index in [0.717, 1.165) is 42.8 Å². The van der Waals surface area contributed by atoms with E-state index < -0.39 is 0 Å². The van der Waals surface area contributed by atoms with Gasteiger partial charge in [0.2, 0.25) is 0 Å². The van der Waals surface area contributed by atoms with Crippen LogP contribution in [-0.2, 0) is 0 Å². The van der Waals surface area contributed by atoms with Gasteiger partial charge in [-0.3, -0.25) is 4.79 Å². The van der Waals surface area contributed by atoms with Gasteiger partial charge in [0.25, 0.3) is 11.6 Å². The van der Waals surface area contributed by atoms with Crippen LogP contribution >= 0.6 is 0 Å². The summed E-state index contributed by atoms with van der Waals surface area (Å²) in [4.78, 5) is 17.5. The number of ether oxygens (including phenoxy) is 1. The minimum absolute atomic E-state index is 0.176. The molecule has 2 aromatic heterocycles. The van der Waals surface area contributed by atoms with Gasteiger partial charge in [-0.2, -0.15) is 0 Å². The predicted molar refractivity (Wildman–Crippen MR) is 106 cm³/mol. The molecule has 5 rings (SSSR count). The lowest BCUT2D eigenvalue weighted by Crippen LogP contribution is -2.14. The largest absolute Gasteiger partial charge is 0.490 e. The van der Waals surface area contributed by atoms with Crippen molar-refractivity contribution in [3.8, 4) is 5.75 Å². The van der Waals surface area contributed by atoms with E-state index in [-0.39, 0.29) is 5.91 Å². The quantitative estimate of drug-likeness (QED) is 0.678. The molecule has 6 heteroatoms. The normalized spacial score (nSPS) is 17.2. The second kappa shape index (κ2) is 6.93. The maximum absolute atomic E-state index is 13.0. The molecule has 28 heavy (non-hydrogen) atoms. The lowest BCUT2D eigenvalue weighted by Gasteiger charge is -2.13. The topological polar surface area (TPSA) is 77.2 Å². The SMILES string of the molecule is Cc1noc2nc(C3CC3)cc(C(=O)Nc3ccc(OC4CCCC4)cc3)c12. The fraction of sp³-hybridized carbons (Fsp3) is 0.409. The van der Waals surface area contributed by atoms with Gasteiger partial charge in [0.05, 0.1) is 22.7 Å². The van der Waals surface area contributed by atoms with Crippen LogP contribution in [0.3, 0.4) is 0 Å². The number of carbonyl (C=O) groups is 1. The number of aromatic nitrogens is 2. The van der Waals surface area contributed by atoms with E-state index in [9.17, 15) is 4.79 Å². The molecular weight excluding hydrogens is 354 g/mol. The number of benzene rings is 1. The summed E-state index contributed by atoms with van der Waals surface area (Å²) in [5.74, 6) is 1.10. The molecule has 144 valence electrons. The maximum atomic E-state index is 13.0. The molecule has 0 spiro atoms. The number of anilines is 1. The molecule has 2 heterocycles. The third-order valence-corrected chi connectivity index (χ3v) is 5.59. The first-order valence-electron chi connectivity index (χ1n) is 10.0. The molecule has 3 aromatic rings. The smallest absolute Gasteiger partial charge is 0.259 e.